The summed E-state index contributed by atoms with van der Waals surface area (Å²) in [7, 11) is 0. The largest absolute Gasteiger partial charge is 0.385 e. The maximum Gasteiger partial charge on any atom is 0.0593 e. The molecule has 0 spiro atoms. The Morgan fingerprint density at radius 3 is 2.10 bits per heavy atom. The topological polar surface area (TPSA) is 33.7 Å². The van der Waals surface area contributed by atoms with Crippen molar-refractivity contribution in [2.24, 2.45) is 0 Å². The zero-order chi connectivity index (χ0) is 15.2. The molecule has 120 valence electrons. The van der Waals surface area contributed by atoms with Crippen LogP contribution in [0.1, 0.15) is 20.3 Å². The molecule has 0 unspecified atom stereocenters. The van der Waals surface area contributed by atoms with Crippen LogP contribution in [-0.4, -0.2) is 57.5 Å². The fraction of sp³-hybridized carbons (Fsp3) is 0.647. The van der Waals surface area contributed by atoms with E-state index in [1.807, 2.05) is 19.9 Å². The normalized spacial score (nSPS) is 11.0. The first kappa shape index (κ1) is 18.0. The van der Waals surface area contributed by atoms with Crippen LogP contribution in [0, 0.1) is 0 Å². The van der Waals surface area contributed by atoms with Crippen molar-refractivity contribution in [1.29, 1.82) is 0 Å². The van der Waals surface area contributed by atoms with Crippen LogP contribution in [0.15, 0.2) is 30.3 Å². The third-order valence-corrected chi connectivity index (χ3v) is 3.27. The van der Waals surface area contributed by atoms with E-state index in [9.17, 15) is 0 Å². The Morgan fingerprint density at radius 2 is 1.52 bits per heavy atom. The molecule has 4 nitrogen and oxygen atoms in total. The van der Waals surface area contributed by atoms with Gasteiger partial charge in [0.2, 0.25) is 0 Å². The van der Waals surface area contributed by atoms with Gasteiger partial charge in [-0.25, -0.2) is 0 Å². The first-order valence-electron chi connectivity index (χ1n) is 8.03. The van der Waals surface area contributed by atoms with Gasteiger partial charge < -0.3 is 14.8 Å². The Balaban J connectivity index is 2.17. The summed E-state index contributed by atoms with van der Waals surface area (Å²) in [6, 6.07) is 10.3. The lowest BCUT2D eigenvalue weighted by atomic mass is 10.3. The van der Waals surface area contributed by atoms with E-state index in [1.165, 1.54) is 5.69 Å². The Labute approximate surface area is 129 Å². The Bertz CT molecular complexity index is 323. The molecule has 0 saturated heterocycles. The highest BCUT2D eigenvalue weighted by atomic mass is 16.5. The molecule has 0 saturated carbocycles. The van der Waals surface area contributed by atoms with Crippen LogP contribution in [0.3, 0.4) is 0 Å². The molecular formula is C17H30N2O2. The van der Waals surface area contributed by atoms with Crippen LogP contribution < -0.4 is 5.32 Å². The summed E-state index contributed by atoms with van der Waals surface area (Å²) < 4.78 is 10.9. The van der Waals surface area contributed by atoms with Crippen LogP contribution in [0.5, 0.6) is 0 Å². The molecule has 1 rings (SSSR count). The number of nitrogens with one attached hydrogen (secondary N) is 1. The highest BCUT2D eigenvalue weighted by molar-refractivity contribution is 5.42. The summed E-state index contributed by atoms with van der Waals surface area (Å²) in [5.41, 5.74) is 1.19. The lowest BCUT2D eigenvalue weighted by Crippen LogP contribution is -2.33. The van der Waals surface area contributed by atoms with E-state index in [1.54, 1.807) is 0 Å². The smallest absolute Gasteiger partial charge is 0.0593 e. The molecule has 0 bridgehead atoms. The van der Waals surface area contributed by atoms with Gasteiger partial charge >= 0.3 is 0 Å². The molecule has 0 radical (unpaired) electrons. The van der Waals surface area contributed by atoms with Crippen molar-refractivity contribution in [3.05, 3.63) is 30.3 Å². The number of benzene rings is 1. The van der Waals surface area contributed by atoms with Crippen LogP contribution in [0.4, 0.5) is 5.69 Å². The summed E-state index contributed by atoms with van der Waals surface area (Å²) in [6.07, 6.45) is 1.12. The molecule has 0 heterocycles. The first-order valence-corrected chi connectivity index (χ1v) is 8.03. The molecular weight excluding hydrogens is 264 g/mol. The summed E-state index contributed by atoms with van der Waals surface area (Å²) in [4.78, 5) is 2.41. The zero-order valence-corrected chi connectivity index (χ0v) is 13.5. The van der Waals surface area contributed by atoms with Gasteiger partial charge in [0.25, 0.3) is 0 Å². The molecule has 0 atom stereocenters. The van der Waals surface area contributed by atoms with Gasteiger partial charge in [-0.05, 0) is 38.9 Å². The number of hydrogen-bond donors (Lipinski definition) is 1. The van der Waals surface area contributed by atoms with E-state index in [0.29, 0.717) is 0 Å². The number of rotatable bonds is 13. The molecule has 0 aromatic heterocycles. The van der Waals surface area contributed by atoms with Crippen LogP contribution in [0.2, 0.25) is 0 Å². The molecule has 0 amide bonds. The minimum absolute atomic E-state index is 0.787. The Hall–Kier alpha value is -1.10. The Kier molecular flexibility index (Phi) is 10.8. The van der Waals surface area contributed by atoms with E-state index in [4.69, 9.17) is 9.47 Å². The van der Waals surface area contributed by atoms with Gasteiger partial charge in [-0.1, -0.05) is 18.2 Å². The predicted molar refractivity (Wildman–Crippen MR) is 89.0 cm³/mol. The minimum Gasteiger partial charge on any atom is -0.385 e. The summed E-state index contributed by atoms with van der Waals surface area (Å²) in [5.74, 6) is 0. The maximum atomic E-state index is 5.45. The van der Waals surface area contributed by atoms with Gasteiger partial charge in [0.1, 0.15) is 0 Å². The van der Waals surface area contributed by atoms with Crippen molar-refractivity contribution < 1.29 is 9.47 Å². The number of nitrogens with zero attached hydrogens (tertiary/aromatic N) is 1. The summed E-state index contributed by atoms with van der Waals surface area (Å²) in [5, 5.41) is 3.45. The highest BCUT2D eigenvalue weighted by Crippen LogP contribution is 2.04. The van der Waals surface area contributed by atoms with Crippen molar-refractivity contribution in [2.75, 3.05) is 57.9 Å². The molecule has 21 heavy (non-hydrogen) atoms. The number of anilines is 1. The fourth-order valence-corrected chi connectivity index (χ4v) is 2.10. The summed E-state index contributed by atoms with van der Waals surface area (Å²) >= 11 is 0. The average Bonchev–Trinajstić information content (AvgIpc) is 2.52. The van der Waals surface area contributed by atoms with E-state index < -0.39 is 0 Å². The fourth-order valence-electron chi connectivity index (χ4n) is 2.10. The molecule has 0 aliphatic rings. The second-order valence-electron chi connectivity index (χ2n) is 4.88. The van der Waals surface area contributed by atoms with Crippen LogP contribution in [0.25, 0.3) is 0 Å². The maximum absolute atomic E-state index is 5.45. The van der Waals surface area contributed by atoms with Gasteiger partial charge in [-0.3, -0.25) is 4.90 Å². The lowest BCUT2D eigenvalue weighted by molar-refractivity contribution is 0.0827. The number of hydrogen-bond acceptors (Lipinski definition) is 4. The molecule has 0 aliphatic heterocycles. The van der Waals surface area contributed by atoms with Gasteiger partial charge in [-0.2, -0.15) is 0 Å². The monoisotopic (exact) mass is 294 g/mol. The van der Waals surface area contributed by atoms with Gasteiger partial charge in [0.05, 0.1) is 13.2 Å². The van der Waals surface area contributed by atoms with Crippen molar-refractivity contribution in [1.82, 2.24) is 4.90 Å². The second-order valence-corrected chi connectivity index (χ2v) is 4.88. The van der Waals surface area contributed by atoms with Crippen molar-refractivity contribution >= 4 is 5.69 Å². The van der Waals surface area contributed by atoms with Crippen molar-refractivity contribution in [3.8, 4) is 0 Å². The standard InChI is InChI=1S/C17H30N2O2/c1-3-20-15-13-19(14-16-21-4-2)12-8-11-18-17-9-6-5-7-10-17/h5-7,9-10,18H,3-4,8,11-16H2,1-2H3. The molecule has 4 heteroatoms. The van der Waals surface area contributed by atoms with E-state index in [0.717, 1.165) is 59.0 Å². The molecule has 0 fully saturated rings. The van der Waals surface area contributed by atoms with E-state index >= 15 is 0 Å². The molecule has 1 aromatic rings. The van der Waals surface area contributed by atoms with E-state index in [2.05, 4.69) is 34.5 Å². The Morgan fingerprint density at radius 1 is 0.905 bits per heavy atom. The first-order chi connectivity index (χ1) is 10.4. The molecule has 0 aliphatic carbocycles. The number of para-hydroxylation sites is 1. The number of ether oxygens (including phenoxy) is 2. The van der Waals surface area contributed by atoms with Gasteiger partial charge in [0, 0.05) is 38.5 Å². The minimum atomic E-state index is 0.787. The second kappa shape index (κ2) is 12.6. The SMILES string of the molecule is CCOCCN(CCCNc1ccccc1)CCOCC. The summed E-state index contributed by atoms with van der Waals surface area (Å²) in [6.45, 7) is 11.3. The molecule has 1 aromatic carbocycles. The highest BCUT2D eigenvalue weighted by Gasteiger charge is 2.04. The van der Waals surface area contributed by atoms with Crippen LogP contribution in [-0.2, 0) is 9.47 Å². The van der Waals surface area contributed by atoms with Crippen LogP contribution >= 0.6 is 0 Å². The van der Waals surface area contributed by atoms with Crippen molar-refractivity contribution in [3.63, 3.8) is 0 Å². The lowest BCUT2D eigenvalue weighted by Gasteiger charge is -2.22. The zero-order valence-electron chi connectivity index (χ0n) is 13.5. The van der Waals surface area contributed by atoms with Gasteiger partial charge in [0.15, 0.2) is 0 Å². The predicted octanol–water partition coefficient (Wildman–Crippen LogP) is 2.86. The molecule has 1 N–H and O–H groups in total. The van der Waals surface area contributed by atoms with E-state index in [-0.39, 0.29) is 0 Å². The third kappa shape index (κ3) is 9.45. The average molecular weight is 294 g/mol. The third-order valence-electron chi connectivity index (χ3n) is 3.27. The van der Waals surface area contributed by atoms with Gasteiger partial charge in [-0.15, -0.1) is 0 Å². The van der Waals surface area contributed by atoms with Crippen molar-refractivity contribution in [2.45, 2.75) is 20.3 Å². The quantitative estimate of drug-likeness (QED) is 0.567.